The summed E-state index contributed by atoms with van der Waals surface area (Å²) in [5, 5.41) is 9.66. The minimum atomic E-state index is -0.276. The first kappa shape index (κ1) is 8.57. The Hall–Kier alpha value is -1.02. The first-order valence-electron chi connectivity index (χ1n) is 4.79. The molecule has 0 bridgehead atoms. The number of hydrogen-bond donors (Lipinski definition) is 1. The Kier molecular flexibility index (Phi) is 2.23. The molecule has 0 radical (unpaired) electrons. The Labute approximate surface area is 78.8 Å². The summed E-state index contributed by atoms with van der Waals surface area (Å²) >= 11 is 0. The van der Waals surface area contributed by atoms with E-state index in [1.54, 1.807) is 0 Å². The molecule has 0 aromatic heterocycles. The third-order valence-electron chi connectivity index (χ3n) is 2.55. The fourth-order valence-corrected chi connectivity index (χ4v) is 1.86. The summed E-state index contributed by atoms with van der Waals surface area (Å²) < 4.78 is 0. The van der Waals surface area contributed by atoms with E-state index in [0.717, 1.165) is 25.1 Å². The van der Waals surface area contributed by atoms with Crippen LogP contribution in [0.1, 0.15) is 18.4 Å². The molecule has 13 heavy (non-hydrogen) atoms. The van der Waals surface area contributed by atoms with E-state index >= 15 is 0 Å². The molecule has 1 aliphatic rings. The summed E-state index contributed by atoms with van der Waals surface area (Å²) in [7, 11) is 0. The Morgan fingerprint density at radius 2 is 2.31 bits per heavy atom. The molecule has 0 unspecified atom stereocenters. The van der Waals surface area contributed by atoms with Crippen LogP contribution in [0.3, 0.4) is 0 Å². The molecule has 1 N–H and O–H groups in total. The molecule has 1 aliphatic heterocycles. The second kappa shape index (κ2) is 3.38. The van der Waals surface area contributed by atoms with Crippen LogP contribution in [0.5, 0.6) is 0 Å². The van der Waals surface area contributed by atoms with Gasteiger partial charge in [0.25, 0.3) is 0 Å². The SMILES string of the molecule is Cc1cccc(N2CCC[C@@H]2O)c1. The fourth-order valence-electron chi connectivity index (χ4n) is 1.86. The zero-order chi connectivity index (χ0) is 9.26. The van der Waals surface area contributed by atoms with Crippen molar-refractivity contribution in [2.75, 3.05) is 11.4 Å². The maximum Gasteiger partial charge on any atom is 0.126 e. The van der Waals surface area contributed by atoms with Gasteiger partial charge in [0.2, 0.25) is 0 Å². The second-order valence-corrected chi connectivity index (χ2v) is 3.66. The highest BCUT2D eigenvalue weighted by molar-refractivity contribution is 5.49. The van der Waals surface area contributed by atoms with Crippen LogP contribution in [0.4, 0.5) is 5.69 Å². The summed E-state index contributed by atoms with van der Waals surface area (Å²) in [5.74, 6) is 0. The van der Waals surface area contributed by atoms with Gasteiger partial charge in [0, 0.05) is 12.2 Å². The Balaban J connectivity index is 2.24. The molecule has 2 rings (SSSR count). The van der Waals surface area contributed by atoms with Gasteiger partial charge in [-0.05, 0) is 37.5 Å². The van der Waals surface area contributed by atoms with Gasteiger partial charge in [-0.1, -0.05) is 12.1 Å². The van der Waals surface area contributed by atoms with Gasteiger partial charge in [-0.2, -0.15) is 0 Å². The molecule has 0 spiro atoms. The lowest BCUT2D eigenvalue weighted by atomic mass is 10.2. The van der Waals surface area contributed by atoms with Gasteiger partial charge in [0.15, 0.2) is 0 Å². The topological polar surface area (TPSA) is 23.5 Å². The van der Waals surface area contributed by atoms with Crippen molar-refractivity contribution in [2.24, 2.45) is 0 Å². The van der Waals surface area contributed by atoms with Crippen LogP contribution in [-0.4, -0.2) is 17.9 Å². The van der Waals surface area contributed by atoms with Gasteiger partial charge in [0.1, 0.15) is 6.23 Å². The molecular weight excluding hydrogens is 162 g/mol. The number of nitrogens with zero attached hydrogens (tertiary/aromatic N) is 1. The molecule has 1 aromatic rings. The van der Waals surface area contributed by atoms with Crippen LogP contribution in [0.2, 0.25) is 0 Å². The number of aryl methyl sites for hydroxylation is 1. The number of benzene rings is 1. The van der Waals surface area contributed by atoms with Gasteiger partial charge >= 0.3 is 0 Å². The molecular formula is C11H15NO. The standard InChI is InChI=1S/C11H15NO/c1-9-4-2-5-10(8-9)12-7-3-6-11(12)13/h2,4-5,8,11,13H,3,6-7H2,1H3/t11-/m0/s1. The predicted molar refractivity (Wildman–Crippen MR) is 53.8 cm³/mol. The van der Waals surface area contributed by atoms with Crippen LogP contribution in [0.25, 0.3) is 0 Å². The number of aliphatic hydroxyl groups excluding tert-OH is 1. The highest BCUT2D eigenvalue weighted by Crippen LogP contribution is 2.24. The number of rotatable bonds is 1. The van der Waals surface area contributed by atoms with Crippen molar-refractivity contribution in [3.05, 3.63) is 29.8 Å². The first-order valence-corrected chi connectivity index (χ1v) is 4.79. The highest BCUT2D eigenvalue weighted by Gasteiger charge is 2.21. The molecule has 1 aromatic carbocycles. The van der Waals surface area contributed by atoms with Gasteiger partial charge in [-0.25, -0.2) is 0 Å². The molecule has 1 atom stereocenters. The summed E-state index contributed by atoms with van der Waals surface area (Å²) in [6, 6.07) is 8.29. The van der Waals surface area contributed by atoms with Crippen molar-refractivity contribution < 1.29 is 5.11 Å². The number of aliphatic hydroxyl groups is 1. The molecule has 70 valence electrons. The second-order valence-electron chi connectivity index (χ2n) is 3.66. The normalized spacial score (nSPS) is 22.3. The smallest absolute Gasteiger partial charge is 0.126 e. The third kappa shape index (κ3) is 1.68. The van der Waals surface area contributed by atoms with Gasteiger partial charge in [-0.15, -0.1) is 0 Å². The lowest BCUT2D eigenvalue weighted by molar-refractivity contribution is 0.185. The Morgan fingerprint density at radius 3 is 2.92 bits per heavy atom. The van der Waals surface area contributed by atoms with E-state index in [-0.39, 0.29) is 6.23 Å². The van der Waals surface area contributed by atoms with E-state index in [0.29, 0.717) is 0 Å². The van der Waals surface area contributed by atoms with Crippen LogP contribution in [0, 0.1) is 6.92 Å². The molecule has 2 nitrogen and oxygen atoms in total. The quantitative estimate of drug-likeness (QED) is 0.708. The van der Waals surface area contributed by atoms with Gasteiger partial charge in [-0.3, -0.25) is 0 Å². The van der Waals surface area contributed by atoms with Gasteiger partial charge in [0.05, 0.1) is 0 Å². The van der Waals surface area contributed by atoms with Crippen molar-refractivity contribution >= 4 is 5.69 Å². The van der Waals surface area contributed by atoms with Crippen LogP contribution in [0.15, 0.2) is 24.3 Å². The Morgan fingerprint density at radius 1 is 1.46 bits per heavy atom. The average molecular weight is 177 g/mol. The van der Waals surface area contributed by atoms with E-state index in [2.05, 4.69) is 30.0 Å². The molecule has 0 saturated carbocycles. The van der Waals surface area contributed by atoms with E-state index in [9.17, 15) is 5.11 Å². The largest absolute Gasteiger partial charge is 0.374 e. The van der Waals surface area contributed by atoms with Crippen molar-refractivity contribution in [3.8, 4) is 0 Å². The van der Waals surface area contributed by atoms with Crippen LogP contribution < -0.4 is 4.90 Å². The zero-order valence-corrected chi connectivity index (χ0v) is 7.90. The molecule has 1 saturated heterocycles. The lowest BCUT2D eigenvalue weighted by Crippen LogP contribution is -2.28. The maximum atomic E-state index is 9.66. The van der Waals surface area contributed by atoms with Crippen molar-refractivity contribution in [3.63, 3.8) is 0 Å². The number of hydrogen-bond acceptors (Lipinski definition) is 2. The van der Waals surface area contributed by atoms with Gasteiger partial charge < -0.3 is 10.0 Å². The number of anilines is 1. The summed E-state index contributed by atoms with van der Waals surface area (Å²) in [6.07, 6.45) is 1.71. The average Bonchev–Trinajstić information content (AvgIpc) is 2.51. The lowest BCUT2D eigenvalue weighted by Gasteiger charge is -2.22. The molecule has 0 aliphatic carbocycles. The van der Waals surface area contributed by atoms with Crippen molar-refractivity contribution in [2.45, 2.75) is 26.0 Å². The van der Waals surface area contributed by atoms with E-state index < -0.39 is 0 Å². The predicted octanol–water partition coefficient (Wildman–Crippen LogP) is 1.91. The minimum absolute atomic E-state index is 0.276. The monoisotopic (exact) mass is 177 g/mol. The van der Waals surface area contributed by atoms with Crippen molar-refractivity contribution in [1.82, 2.24) is 0 Å². The zero-order valence-electron chi connectivity index (χ0n) is 7.90. The molecule has 1 heterocycles. The molecule has 1 fully saturated rings. The summed E-state index contributed by atoms with van der Waals surface area (Å²) in [5.41, 5.74) is 2.39. The van der Waals surface area contributed by atoms with Crippen molar-refractivity contribution in [1.29, 1.82) is 0 Å². The van der Waals surface area contributed by atoms with Crippen LogP contribution >= 0.6 is 0 Å². The molecule has 2 heteroatoms. The van der Waals surface area contributed by atoms with E-state index in [1.807, 2.05) is 6.07 Å². The first-order chi connectivity index (χ1) is 6.27. The Bertz CT molecular complexity index is 298. The van der Waals surface area contributed by atoms with E-state index in [1.165, 1.54) is 5.56 Å². The third-order valence-corrected chi connectivity index (χ3v) is 2.55. The summed E-state index contributed by atoms with van der Waals surface area (Å²) in [4.78, 5) is 2.06. The van der Waals surface area contributed by atoms with Crippen LogP contribution in [-0.2, 0) is 0 Å². The summed E-state index contributed by atoms with van der Waals surface area (Å²) in [6.45, 7) is 3.05. The highest BCUT2D eigenvalue weighted by atomic mass is 16.3. The fraction of sp³-hybridized carbons (Fsp3) is 0.455. The minimum Gasteiger partial charge on any atom is -0.374 e. The maximum absolute atomic E-state index is 9.66. The van der Waals surface area contributed by atoms with E-state index in [4.69, 9.17) is 0 Å². The molecule has 0 amide bonds.